The van der Waals surface area contributed by atoms with Gasteiger partial charge in [0.05, 0.1) is 5.02 Å². The summed E-state index contributed by atoms with van der Waals surface area (Å²) in [5, 5.41) is 0.0448. The van der Waals surface area contributed by atoms with E-state index in [0.29, 0.717) is 16.1 Å². The summed E-state index contributed by atoms with van der Waals surface area (Å²) in [7, 11) is 0. The van der Waals surface area contributed by atoms with E-state index in [4.69, 9.17) is 23.2 Å². The van der Waals surface area contributed by atoms with Crippen LogP contribution in [0.5, 0.6) is 0 Å². The zero-order valence-electron chi connectivity index (χ0n) is 6.20. The second-order valence-electron chi connectivity index (χ2n) is 2.31. The molecule has 0 fully saturated rings. The van der Waals surface area contributed by atoms with E-state index >= 15 is 0 Å². The van der Waals surface area contributed by atoms with Crippen molar-refractivity contribution in [3.8, 4) is 0 Å². The van der Waals surface area contributed by atoms with Gasteiger partial charge in [-0.1, -0.05) is 11.6 Å². The van der Waals surface area contributed by atoms with Gasteiger partial charge >= 0.3 is 0 Å². The van der Waals surface area contributed by atoms with E-state index in [2.05, 4.69) is 15.9 Å². The standard InChI is InChI=1S/C8H5BrCl2O/c1-4-5(8(11)12)2-3-6(9)7(4)10/h2-3H,1H3. The molecule has 1 nitrogen and oxygen atoms in total. The third kappa shape index (κ3) is 1.82. The van der Waals surface area contributed by atoms with Crippen LogP contribution in [0, 0.1) is 6.92 Å². The summed E-state index contributed by atoms with van der Waals surface area (Å²) >= 11 is 14.4. The molecule has 0 heterocycles. The van der Waals surface area contributed by atoms with Crippen LogP contribution in [-0.4, -0.2) is 5.24 Å². The first-order valence-electron chi connectivity index (χ1n) is 3.18. The highest BCUT2D eigenvalue weighted by molar-refractivity contribution is 9.10. The van der Waals surface area contributed by atoms with Gasteiger partial charge in [0.2, 0.25) is 0 Å². The van der Waals surface area contributed by atoms with E-state index < -0.39 is 5.24 Å². The maximum atomic E-state index is 10.8. The summed E-state index contributed by atoms with van der Waals surface area (Å²) in [4.78, 5) is 10.8. The second kappa shape index (κ2) is 3.77. The highest BCUT2D eigenvalue weighted by atomic mass is 79.9. The van der Waals surface area contributed by atoms with Crippen LogP contribution in [-0.2, 0) is 0 Å². The Hall–Kier alpha value is -0.0500. The van der Waals surface area contributed by atoms with Crippen molar-refractivity contribution in [3.63, 3.8) is 0 Å². The number of carbonyl (C=O) groups excluding carboxylic acids is 1. The minimum absolute atomic E-state index is 0.449. The summed E-state index contributed by atoms with van der Waals surface area (Å²) in [5.41, 5.74) is 1.15. The third-order valence-corrected chi connectivity index (χ3v) is 3.13. The molecule has 0 aliphatic heterocycles. The maximum Gasteiger partial charge on any atom is 0.252 e. The number of carbonyl (C=O) groups is 1. The normalized spacial score (nSPS) is 10.0. The Morgan fingerprint density at radius 2 is 2.08 bits per heavy atom. The molecule has 0 aliphatic carbocycles. The number of rotatable bonds is 1. The fraction of sp³-hybridized carbons (Fsp3) is 0.125. The van der Waals surface area contributed by atoms with Crippen LogP contribution < -0.4 is 0 Å². The average molecular weight is 268 g/mol. The van der Waals surface area contributed by atoms with Crippen molar-refractivity contribution in [2.45, 2.75) is 6.92 Å². The van der Waals surface area contributed by atoms with Crippen LogP contribution in [0.25, 0.3) is 0 Å². The molecular weight excluding hydrogens is 263 g/mol. The van der Waals surface area contributed by atoms with Crippen molar-refractivity contribution in [1.29, 1.82) is 0 Å². The van der Waals surface area contributed by atoms with Gasteiger partial charge in [-0.05, 0) is 52.2 Å². The average Bonchev–Trinajstić information content (AvgIpc) is 2.00. The topological polar surface area (TPSA) is 17.1 Å². The molecule has 0 N–H and O–H groups in total. The summed E-state index contributed by atoms with van der Waals surface area (Å²) in [5.74, 6) is 0. The van der Waals surface area contributed by atoms with Gasteiger partial charge in [0.15, 0.2) is 0 Å². The van der Waals surface area contributed by atoms with Gasteiger partial charge in [0, 0.05) is 10.0 Å². The predicted molar refractivity (Wildman–Crippen MR) is 54.1 cm³/mol. The highest BCUT2D eigenvalue weighted by Crippen LogP contribution is 2.28. The van der Waals surface area contributed by atoms with Gasteiger partial charge in [-0.3, -0.25) is 4.79 Å². The Labute approximate surface area is 88.8 Å². The molecule has 0 radical (unpaired) electrons. The molecule has 1 aromatic carbocycles. The minimum atomic E-state index is -0.484. The molecule has 12 heavy (non-hydrogen) atoms. The van der Waals surface area contributed by atoms with Gasteiger partial charge < -0.3 is 0 Å². The first kappa shape index (κ1) is 10.0. The first-order valence-corrected chi connectivity index (χ1v) is 4.73. The third-order valence-electron chi connectivity index (χ3n) is 1.55. The number of hydrogen-bond acceptors (Lipinski definition) is 1. The number of hydrogen-bond donors (Lipinski definition) is 0. The van der Waals surface area contributed by atoms with Crippen LogP contribution in [0.2, 0.25) is 5.02 Å². The molecule has 0 amide bonds. The molecule has 0 aromatic heterocycles. The van der Waals surface area contributed by atoms with Crippen LogP contribution >= 0.6 is 39.1 Å². The van der Waals surface area contributed by atoms with Gasteiger partial charge in [0.1, 0.15) is 0 Å². The molecule has 0 saturated carbocycles. The van der Waals surface area contributed by atoms with Crippen molar-refractivity contribution in [2.75, 3.05) is 0 Å². The van der Waals surface area contributed by atoms with Crippen LogP contribution in [0.1, 0.15) is 15.9 Å². The van der Waals surface area contributed by atoms with E-state index in [0.717, 1.165) is 4.47 Å². The quantitative estimate of drug-likeness (QED) is 0.708. The monoisotopic (exact) mass is 266 g/mol. The lowest BCUT2D eigenvalue weighted by Crippen LogP contribution is -1.93. The molecule has 64 valence electrons. The Morgan fingerprint density at radius 3 is 2.58 bits per heavy atom. The van der Waals surface area contributed by atoms with Crippen molar-refractivity contribution in [3.05, 3.63) is 32.8 Å². The van der Waals surface area contributed by atoms with Crippen molar-refractivity contribution < 1.29 is 4.79 Å². The van der Waals surface area contributed by atoms with Gasteiger partial charge in [0.25, 0.3) is 5.24 Å². The molecule has 1 aromatic rings. The lowest BCUT2D eigenvalue weighted by molar-refractivity contribution is 0.108. The summed E-state index contributed by atoms with van der Waals surface area (Å²) in [6, 6.07) is 3.34. The first-order chi connectivity index (χ1) is 5.54. The van der Waals surface area contributed by atoms with Crippen LogP contribution in [0.3, 0.4) is 0 Å². The molecule has 0 saturated heterocycles. The van der Waals surface area contributed by atoms with Gasteiger partial charge in [-0.25, -0.2) is 0 Å². The largest absolute Gasteiger partial charge is 0.276 e. The Bertz CT molecular complexity index is 336. The molecule has 1 rings (SSSR count). The molecule has 0 atom stereocenters. The molecule has 0 unspecified atom stereocenters. The molecule has 4 heteroatoms. The van der Waals surface area contributed by atoms with Crippen LogP contribution in [0.15, 0.2) is 16.6 Å². The van der Waals surface area contributed by atoms with Crippen LogP contribution in [0.4, 0.5) is 0 Å². The number of benzene rings is 1. The smallest absolute Gasteiger partial charge is 0.252 e. The van der Waals surface area contributed by atoms with Crippen molar-refractivity contribution in [1.82, 2.24) is 0 Å². The lowest BCUT2D eigenvalue weighted by atomic mass is 10.1. The SMILES string of the molecule is Cc1c(C(=O)Cl)ccc(Br)c1Cl. The zero-order valence-corrected chi connectivity index (χ0v) is 9.29. The van der Waals surface area contributed by atoms with E-state index in [1.54, 1.807) is 19.1 Å². The fourth-order valence-corrected chi connectivity index (χ4v) is 1.66. The van der Waals surface area contributed by atoms with Gasteiger partial charge in [-0.15, -0.1) is 0 Å². The number of halogens is 3. The highest BCUT2D eigenvalue weighted by Gasteiger charge is 2.10. The Balaban J connectivity index is 3.36. The summed E-state index contributed by atoms with van der Waals surface area (Å²) in [6.45, 7) is 1.75. The van der Waals surface area contributed by atoms with E-state index in [1.165, 1.54) is 0 Å². The summed E-state index contributed by atoms with van der Waals surface area (Å²) in [6.07, 6.45) is 0. The Kier molecular flexibility index (Phi) is 3.16. The molecule has 0 spiro atoms. The second-order valence-corrected chi connectivity index (χ2v) is 3.88. The van der Waals surface area contributed by atoms with E-state index in [9.17, 15) is 4.79 Å². The van der Waals surface area contributed by atoms with E-state index in [-0.39, 0.29) is 0 Å². The van der Waals surface area contributed by atoms with E-state index in [1.807, 2.05) is 0 Å². The lowest BCUT2D eigenvalue weighted by Gasteiger charge is -2.03. The van der Waals surface area contributed by atoms with Crippen molar-refractivity contribution in [2.24, 2.45) is 0 Å². The molecule has 0 bridgehead atoms. The van der Waals surface area contributed by atoms with Gasteiger partial charge in [-0.2, -0.15) is 0 Å². The zero-order chi connectivity index (χ0) is 9.30. The Morgan fingerprint density at radius 1 is 1.50 bits per heavy atom. The molecular formula is C8H5BrCl2O. The minimum Gasteiger partial charge on any atom is -0.276 e. The fourth-order valence-electron chi connectivity index (χ4n) is 0.865. The predicted octanol–water partition coefficient (Wildman–Crippen LogP) is 3.79. The maximum absolute atomic E-state index is 10.8. The van der Waals surface area contributed by atoms with Crippen molar-refractivity contribution >= 4 is 44.4 Å². The summed E-state index contributed by atoms with van der Waals surface area (Å²) < 4.78 is 0.767. The molecule has 0 aliphatic rings.